The van der Waals surface area contributed by atoms with E-state index >= 15 is 0 Å². The molecule has 106 heavy (non-hydrogen) atoms. The van der Waals surface area contributed by atoms with Crippen LogP contribution in [-0.4, -0.2) is 111 Å². The fraction of sp³-hybridized carbons (Fsp3) is 0.707. The third kappa shape index (κ3) is 17.0. The van der Waals surface area contributed by atoms with Crippen LogP contribution in [0, 0.1) is 84.4 Å². The van der Waals surface area contributed by atoms with Gasteiger partial charge in [0, 0.05) is 0 Å². The van der Waals surface area contributed by atoms with Crippen LogP contribution in [0.1, 0.15) is 185 Å². The van der Waals surface area contributed by atoms with Crippen molar-refractivity contribution in [3.05, 3.63) is 112 Å². The standard InChI is InChI=1S/C17H22F6O2.C17H26F6O2.C17H14F6O2.C17H22F6.C7H8O/c1-13-7-9(3-5-11(13)24-13)15(16(18,19)20,17(21,22)23)10-4-6-12-14(2,8-10)25-12;2*1-9-7-11(3-5-13(9)24)15(16(18,19)20,17(21,22)23)12-4-6-14(25)10(2)8-12;1-11-5-3-7-13(9-11)15(16(18,19)20,17(21,22)23)14-8-4-6-12(2)10-14;1-6-4-2-3-5-7(6)8/h9-12H,3-8H2,1-2H3;9-14,24-25H,3-8H2,1-2H3;3-8,24-25H,1-2H3;5-6,13-14H,3-4,7-10H2,1-2H3;2-5,8H,1H3. The first kappa shape index (κ1) is 87.9. The minimum absolute atomic E-state index is 0.0510. The Balaban J connectivity index is 0.000000190. The van der Waals surface area contributed by atoms with Gasteiger partial charge in [-0.3, -0.25) is 0 Å². The lowest BCUT2D eigenvalue weighted by Crippen LogP contribution is -2.61. The Kier molecular flexibility index (Phi) is 25.8. The second-order valence-corrected chi connectivity index (χ2v) is 31.1. The Bertz CT molecular complexity index is 3300. The number of benzene rings is 3. The molecule has 0 amide bonds. The number of phenols is 3. The number of aliphatic hydroxyl groups is 2. The number of hydrogen-bond donors (Lipinski definition) is 5. The predicted molar refractivity (Wildman–Crippen MR) is 344 cm³/mol. The molecule has 3 aromatic rings. The summed E-state index contributed by atoms with van der Waals surface area (Å²) in [7, 11) is 0. The van der Waals surface area contributed by atoms with Gasteiger partial charge in [0.15, 0.2) is 16.2 Å². The largest absolute Gasteiger partial charge is 0.508 e. The maximum absolute atomic E-state index is 14.2. The van der Waals surface area contributed by atoms with E-state index in [4.69, 9.17) is 14.6 Å². The molecule has 0 bridgehead atoms. The first-order valence-corrected chi connectivity index (χ1v) is 35.2. The van der Waals surface area contributed by atoms with Crippen LogP contribution in [0.4, 0.5) is 105 Å². The topological polar surface area (TPSA) is 126 Å². The summed E-state index contributed by atoms with van der Waals surface area (Å²) in [5.41, 5.74) is -17.2. The molecule has 3 aromatic carbocycles. The average Bonchev–Trinajstić information content (AvgIpc) is 1.32. The number of aliphatic hydroxyl groups excluding tert-OH is 2. The Morgan fingerprint density at radius 2 is 0.660 bits per heavy atom. The highest BCUT2D eigenvalue weighted by Gasteiger charge is 2.82. The van der Waals surface area contributed by atoms with E-state index in [-0.39, 0.29) is 139 Å². The smallest absolute Gasteiger partial charge is 0.411 e. The number of rotatable bonds is 8. The summed E-state index contributed by atoms with van der Waals surface area (Å²) in [5, 5.41) is 47.4. The van der Waals surface area contributed by atoms with Gasteiger partial charge in [-0.2, -0.15) is 105 Å². The number of allylic oxidation sites excluding steroid dienone is 4. The summed E-state index contributed by atoms with van der Waals surface area (Å²) in [4.78, 5) is 0. The van der Waals surface area contributed by atoms with Gasteiger partial charge in [-0.1, -0.05) is 79.6 Å². The van der Waals surface area contributed by atoms with E-state index in [0.717, 1.165) is 17.7 Å². The van der Waals surface area contributed by atoms with Crippen molar-refractivity contribution in [1.82, 2.24) is 0 Å². The van der Waals surface area contributed by atoms with E-state index in [1.54, 1.807) is 45.9 Å². The van der Waals surface area contributed by atoms with Crippen molar-refractivity contribution in [2.45, 2.75) is 268 Å². The van der Waals surface area contributed by atoms with E-state index in [9.17, 15) is 126 Å². The number of alkyl halides is 24. The summed E-state index contributed by atoms with van der Waals surface area (Å²) in [5.74, 6) is -10.7. The maximum atomic E-state index is 14.2. The SMILES string of the molecule is CC12CC(C(C3CCC4OC4(C)C3)(C(F)(F)F)C(F)(F)F)CCC1O2.CC1=CCCC(C(C2CCC=C(C)C2)(C(F)(F)F)C(F)(F)F)C1.CC1CC(C(C2CCC(O)C(C)C2)(C(F)(F)F)C(F)(F)F)CCC1O.Cc1cc(C(c2ccc(O)c(C)c2)(C(F)(F)F)C(F)(F)F)ccc1O.Cc1ccccc1O. The number of hydrogen-bond acceptors (Lipinski definition) is 7. The van der Waals surface area contributed by atoms with Crippen molar-refractivity contribution in [2.24, 2.45) is 63.6 Å². The second-order valence-electron chi connectivity index (χ2n) is 31.1. The van der Waals surface area contributed by atoms with Crippen molar-refractivity contribution >= 4 is 0 Å². The molecule has 14 unspecified atom stereocenters. The van der Waals surface area contributed by atoms with Gasteiger partial charge in [0.05, 0.1) is 35.6 Å². The van der Waals surface area contributed by atoms with Gasteiger partial charge in [-0.15, -0.1) is 0 Å². The molecule has 6 fully saturated rings. The highest BCUT2D eigenvalue weighted by molar-refractivity contribution is 5.50. The summed E-state index contributed by atoms with van der Waals surface area (Å²) >= 11 is 0. The molecule has 0 spiro atoms. The van der Waals surface area contributed by atoms with Crippen LogP contribution in [0.15, 0.2) is 84.0 Å². The summed E-state index contributed by atoms with van der Waals surface area (Å²) in [6, 6.07) is 11.4. The van der Waals surface area contributed by atoms with Gasteiger partial charge in [-0.25, -0.2) is 0 Å². The summed E-state index contributed by atoms with van der Waals surface area (Å²) in [6.07, 6.45) is -43.3. The Morgan fingerprint density at radius 1 is 0.358 bits per heavy atom. The van der Waals surface area contributed by atoms with Crippen LogP contribution in [0.25, 0.3) is 0 Å². The lowest BCUT2D eigenvalue weighted by Gasteiger charge is -2.52. The molecule has 2 heterocycles. The van der Waals surface area contributed by atoms with E-state index in [1.165, 1.54) is 27.7 Å². The number of epoxide rings is 2. The molecule has 11 rings (SSSR count). The van der Waals surface area contributed by atoms with Crippen molar-refractivity contribution in [3.63, 3.8) is 0 Å². The molecule has 6 aliphatic carbocycles. The molecule has 0 aromatic heterocycles. The van der Waals surface area contributed by atoms with E-state index < -0.39 is 164 Å². The number of ether oxygens (including phenoxy) is 2. The molecular weight excluding hydrogens is 1470 g/mol. The van der Waals surface area contributed by atoms with Gasteiger partial charge < -0.3 is 35.0 Å². The summed E-state index contributed by atoms with van der Waals surface area (Å²) < 4.78 is 347. The fourth-order valence-electron chi connectivity index (χ4n) is 18.5. The first-order valence-electron chi connectivity index (χ1n) is 35.2. The molecule has 5 N–H and O–H groups in total. The second kappa shape index (κ2) is 31.1. The fourth-order valence-corrected chi connectivity index (χ4v) is 18.5. The molecule has 0 radical (unpaired) electrons. The number of phenolic OH excluding ortho intramolecular Hbond substituents is 3. The van der Waals surface area contributed by atoms with Gasteiger partial charge in [0.2, 0.25) is 5.41 Å². The number of aromatic hydroxyl groups is 3. The zero-order chi connectivity index (χ0) is 80.3. The lowest BCUT2D eigenvalue weighted by molar-refractivity contribution is -0.385. The van der Waals surface area contributed by atoms with Gasteiger partial charge in [0.25, 0.3) is 0 Å². The zero-order valence-electron chi connectivity index (χ0n) is 59.7. The third-order valence-corrected chi connectivity index (χ3v) is 24.2. The van der Waals surface area contributed by atoms with Gasteiger partial charge in [0.1, 0.15) is 17.2 Å². The quantitative estimate of drug-likeness (QED) is 0.0864. The molecule has 31 heteroatoms. The first-order chi connectivity index (χ1) is 48.3. The molecular formula is C75H92F24O7. The lowest BCUT2D eigenvalue weighted by atomic mass is 9.55. The van der Waals surface area contributed by atoms with Crippen molar-refractivity contribution in [1.29, 1.82) is 0 Å². The Labute approximate surface area is 599 Å². The summed E-state index contributed by atoms with van der Waals surface area (Å²) in [6.45, 7) is 13.8. The van der Waals surface area contributed by atoms with Crippen molar-refractivity contribution in [2.75, 3.05) is 0 Å². The molecule has 602 valence electrons. The number of para-hydroxylation sites is 1. The number of halogens is 24. The molecule has 14 atom stereocenters. The van der Waals surface area contributed by atoms with Gasteiger partial charge in [-0.05, 0) is 257 Å². The zero-order valence-corrected chi connectivity index (χ0v) is 59.7. The van der Waals surface area contributed by atoms with Crippen molar-refractivity contribution < 1.29 is 140 Å². The third-order valence-electron chi connectivity index (χ3n) is 24.2. The molecule has 4 saturated carbocycles. The van der Waals surface area contributed by atoms with E-state index in [2.05, 4.69) is 0 Å². The Hall–Kier alpha value is -5.30. The number of fused-ring (bicyclic) bond motifs is 2. The maximum Gasteiger partial charge on any atom is 0.411 e. The highest BCUT2D eigenvalue weighted by atomic mass is 19.4. The van der Waals surface area contributed by atoms with Crippen LogP contribution in [0.2, 0.25) is 0 Å². The average molecular weight is 1560 g/mol. The van der Waals surface area contributed by atoms with Crippen LogP contribution in [-0.2, 0) is 14.9 Å². The predicted octanol–water partition coefficient (Wildman–Crippen LogP) is 23.1. The number of aryl methyl sites for hydroxylation is 3. The van der Waals surface area contributed by atoms with E-state index in [1.807, 2.05) is 25.1 Å². The van der Waals surface area contributed by atoms with Crippen LogP contribution < -0.4 is 0 Å². The van der Waals surface area contributed by atoms with Crippen LogP contribution in [0.3, 0.4) is 0 Å². The minimum atomic E-state index is -5.71. The molecule has 8 aliphatic rings. The van der Waals surface area contributed by atoms with Crippen LogP contribution in [0.5, 0.6) is 17.2 Å². The van der Waals surface area contributed by atoms with E-state index in [0.29, 0.717) is 41.2 Å². The molecule has 2 saturated heterocycles. The molecule has 7 nitrogen and oxygen atoms in total. The van der Waals surface area contributed by atoms with Crippen LogP contribution >= 0.6 is 0 Å². The monoisotopic (exact) mass is 1560 g/mol. The van der Waals surface area contributed by atoms with Crippen molar-refractivity contribution in [3.8, 4) is 17.2 Å². The van der Waals surface area contributed by atoms with Gasteiger partial charge >= 0.3 is 49.4 Å². The highest BCUT2D eigenvalue weighted by Crippen LogP contribution is 2.71. The Morgan fingerprint density at radius 3 is 0.925 bits per heavy atom. The molecule has 2 aliphatic heterocycles. The normalized spacial score (nSPS) is 30.0. The minimum Gasteiger partial charge on any atom is -0.508 e.